The van der Waals surface area contributed by atoms with Crippen molar-refractivity contribution in [2.24, 2.45) is 5.41 Å². The molecule has 0 saturated carbocycles. The van der Waals surface area contributed by atoms with Crippen LogP contribution in [0.15, 0.2) is 0 Å². The Morgan fingerprint density at radius 3 is 1.24 bits per heavy atom. The van der Waals surface area contributed by atoms with Gasteiger partial charge in [-0.25, -0.2) is 0 Å². The number of aliphatic hydroxyl groups is 1. The van der Waals surface area contributed by atoms with Crippen LogP contribution in [0.25, 0.3) is 0 Å². The lowest BCUT2D eigenvalue weighted by molar-refractivity contribution is -0.141. The Kier molecular flexibility index (Phi) is 14.8. The van der Waals surface area contributed by atoms with Gasteiger partial charge in [0.15, 0.2) is 0 Å². The molecule has 1 fully saturated rings. The Bertz CT molecular complexity index is 268. The monoisotopic (exact) mass is 354 g/mol. The second-order valence-corrected chi connectivity index (χ2v) is 8.56. The summed E-state index contributed by atoms with van der Waals surface area (Å²) >= 11 is 0. The lowest BCUT2D eigenvalue weighted by Gasteiger charge is -2.40. The van der Waals surface area contributed by atoms with E-state index in [1.54, 1.807) is 0 Å². The minimum atomic E-state index is 0.134. The molecular formula is C23H46O2. The van der Waals surface area contributed by atoms with Crippen LogP contribution in [0.5, 0.6) is 0 Å². The van der Waals surface area contributed by atoms with Gasteiger partial charge >= 0.3 is 0 Å². The van der Waals surface area contributed by atoms with E-state index in [-0.39, 0.29) is 5.41 Å². The molecule has 1 rings (SSSR count). The first-order valence-electron chi connectivity index (χ1n) is 11.5. The smallest absolute Gasteiger partial charge is 0.0566 e. The zero-order chi connectivity index (χ0) is 18.1. The van der Waals surface area contributed by atoms with Gasteiger partial charge in [-0.15, -0.1) is 0 Å². The molecule has 1 aliphatic rings. The summed E-state index contributed by atoms with van der Waals surface area (Å²) in [4.78, 5) is 0. The van der Waals surface area contributed by atoms with Crippen molar-refractivity contribution in [3.63, 3.8) is 0 Å². The lowest BCUT2D eigenvalue weighted by atomic mass is 9.81. The zero-order valence-electron chi connectivity index (χ0n) is 17.2. The Morgan fingerprint density at radius 1 is 0.600 bits per heavy atom. The van der Waals surface area contributed by atoms with Crippen LogP contribution >= 0.6 is 0 Å². The van der Waals surface area contributed by atoms with E-state index in [0.29, 0.717) is 6.61 Å². The first kappa shape index (κ1) is 23.0. The summed E-state index contributed by atoms with van der Waals surface area (Å²) in [6.07, 6.45) is 25.3. The SMILES string of the molecule is CCCCCCCCCCCCCCCCCCCC1(CO)COC1. The molecule has 0 spiro atoms. The fourth-order valence-corrected chi connectivity index (χ4v) is 3.93. The number of ether oxygens (including phenoxy) is 1. The van der Waals surface area contributed by atoms with Gasteiger partial charge in [0.05, 0.1) is 19.8 Å². The van der Waals surface area contributed by atoms with Crippen molar-refractivity contribution in [1.29, 1.82) is 0 Å². The third kappa shape index (κ3) is 12.0. The van der Waals surface area contributed by atoms with E-state index in [4.69, 9.17) is 4.74 Å². The second-order valence-electron chi connectivity index (χ2n) is 8.56. The summed E-state index contributed by atoms with van der Waals surface area (Å²) < 4.78 is 5.25. The predicted molar refractivity (Wildman–Crippen MR) is 109 cm³/mol. The van der Waals surface area contributed by atoms with Crippen molar-refractivity contribution in [1.82, 2.24) is 0 Å². The van der Waals surface area contributed by atoms with Gasteiger partial charge in [0, 0.05) is 5.41 Å². The van der Waals surface area contributed by atoms with Crippen LogP contribution in [0.3, 0.4) is 0 Å². The molecule has 25 heavy (non-hydrogen) atoms. The molecule has 0 radical (unpaired) electrons. The van der Waals surface area contributed by atoms with Crippen molar-refractivity contribution in [2.75, 3.05) is 19.8 Å². The molecule has 0 aromatic heterocycles. The standard InChI is InChI=1S/C23H46O2/c1-2-3-4-5-6-7-8-9-10-11-12-13-14-15-16-17-18-19-23(20-24)21-25-22-23/h24H,2-22H2,1H3. The molecule has 1 saturated heterocycles. The van der Waals surface area contributed by atoms with Crippen LogP contribution in [0, 0.1) is 5.41 Å². The lowest BCUT2D eigenvalue weighted by Crippen LogP contribution is -2.45. The van der Waals surface area contributed by atoms with Crippen molar-refractivity contribution < 1.29 is 9.84 Å². The van der Waals surface area contributed by atoms with Crippen LogP contribution in [0.1, 0.15) is 122 Å². The van der Waals surface area contributed by atoms with E-state index in [1.165, 1.54) is 109 Å². The first-order chi connectivity index (χ1) is 12.3. The Morgan fingerprint density at radius 2 is 0.960 bits per heavy atom. The van der Waals surface area contributed by atoms with Gasteiger partial charge in [0.1, 0.15) is 0 Å². The molecule has 0 bridgehead atoms. The van der Waals surface area contributed by atoms with E-state index in [9.17, 15) is 5.11 Å². The van der Waals surface area contributed by atoms with E-state index >= 15 is 0 Å². The van der Waals surface area contributed by atoms with Gasteiger partial charge in [-0.3, -0.25) is 0 Å². The summed E-state index contributed by atoms with van der Waals surface area (Å²) in [6, 6.07) is 0. The fourth-order valence-electron chi connectivity index (χ4n) is 3.93. The largest absolute Gasteiger partial charge is 0.396 e. The molecule has 0 aromatic carbocycles. The number of aliphatic hydroxyl groups excluding tert-OH is 1. The van der Waals surface area contributed by atoms with Gasteiger partial charge < -0.3 is 9.84 Å². The van der Waals surface area contributed by atoms with E-state index < -0.39 is 0 Å². The van der Waals surface area contributed by atoms with Crippen molar-refractivity contribution >= 4 is 0 Å². The number of unbranched alkanes of at least 4 members (excludes halogenated alkanes) is 16. The molecule has 0 aliphatic carbocycles. The van der Waals surface area contributed by atoms with Gasteiger partial charge in [-0.2, -0.15) is 0 Å². The average molecular weight is 355 g/mol. The highest BCUT2D eigenvalue weighted by Gasteiger charge is 2.36. The molecule has 1 N–H and O–H groups in total. The molecule has 2 nitrogen and oxygen atoms in total. The van der Waals surface area contributed by atoms with E-state index in [1.807, 2.05) is 0 Å². The van der Waals surface area contributed by atoms with Crippen molar-refractivity contribution in [3.8, 4) is 0 Å². The molecule has 1 heterocycles. The summed E-state index contributed by atoms with van der Waals surface area (Å²) in [5.41, 5.74) is 0.134. The maximum absolute atomic E-state index is 9.39. The number of rotatable bonds is 19. The maximum atomic E-state index is 9.39. The molecular weight excluding hydrogens is 308 g/mol. The quantitative estimate of drug-likeness (QED) is 0.252. The third-order valence-electron chi connectivity index (χ3n) is 5.96. The van der Waals surface area contributed by atoms with Gasteiger partial charge in [0.25, 0.3) is 0 Å². The topological polar surface area (TPSA) is 29.5 Å². The summed E-state index contributed by atoms with van der Waals surface area (Å²) in [7, 11) is 0. The molecule has 0 aromatic rings. The highest BCUT2D eigenvalue weighted by molar-refractivity contribution is 4.84. The fraction of sp³-hybridized carbons (Fsp3) is 1.00. The molecule has 2 heteroatoms. The Balaban J connectivity index is 1.68. The zero-order valence-corrected chi connectivity index (χ0v) is 17.2. The highest BCUT2D eigenvalue weighted by Crippen LogP contribution is 2.32. The van der Waals surface area contributed by atoms with Crippen molar-refractivity contribution in [2.45, 2.75) is 122 Å². The molecule has 0 atom stereocenters. The third-order valence-corrected chi connectivity index (χ3v) is 5.96. The van der Waals surface area contributed by atoms with E-state index in [0.717, 1.165) is 19.6 Å². The Labute approximate surface area is 158 Å². The van der Waals surface area contributed by atoms with Crippen LogP contribution < -0.4 is 0 Å². The number of hydrogen-bond donors (Lipinski definition) is 1. The normalized spacial score (nSPS) is 16.1. The average Bonchev–Trinajstić information content (AvgIpc) is 2.59. The highest BCUT2D eigenvalue weighted by atomic mass is 16.5. The summed E-state index contributed by atoms with van der Waals surface area (Å²) in [6.45, 7) is 4.16. The predicted octanol–water partition coefficient (Wildman–Crippen LogP) is 7.04. The number of hydrogen-bond acceptors (Lipinski definition) is 2. The van der Waals surface area contributed by atoms with Crippen LogP contribution in [0.4, 0.5) is 0 Å². The van der Waals surface area contributed by atoms with Crippen molar-refractivity contribution in [3.05, 3.63) is 0 Å². The molecule has 150 valence electrons. The van der Waals surface area contributed by atoms with Gasteiger partial charge in [-0.05, 0) is 6.42 Å². The summed E-state index contributed by atoms with van der Waals surface area (Å²) in [5, 5.41) is 9.39. The van der Waals surface area contributed by atoms with E-state index in [2.05, 4.69) is 6.92 Å². The van der Waals surface area contributed by atoms with Crippen LogP contribution in [-0.2, 0) is 4.74 Å². The first-order valence-corrected chi connectivity index (χ1v) is 11.5. The van der Waals surface area contributed by atoms with Gasteiger partial charge in [-0.1, -0.05) is 116 Å². The summed E-state index contributed by atoms with van der Waals surface area (Å²) in [5.74, 6) is 0. The van der Waals surface area contributed by atoms with Crippen LogP contribution in [-0.4, -0.2) is 24.9 Å². The molecule has 1 aliphatic heterocycles. The Hall–Kier alpha value is -0.0800. The second kappa shape index (κ2) is 16.1. The molecule has 0 amide bonds. The van der Waals surface area contributed by atoms with Crippen LogP contribution in [0.2, 0.25) is 0 Å². The molecule has 0 unspecified atom stereocenters. The minimum Gasteiger partial charge on any atom is -0.396 e. The van der Waals surface area contributed by atoms with Gasteiger partial charge in [0.2, 0.25) is 0 Å². The minimum absolute atomic E-state index is 0.134. The maximum Gasteiger partial charge on any atom is 0.0566 e.